The van der Waals surface area contributed by atoms with E-state index in [0.29, 0.717) is 54.0 Å². The predicted octanol–water partition coefficient (Wildman–Crippen LogP) is 4.60. The van der Waals surface area contributed by atoms with Crippen molar-refractivity contribution < 1.29 is 18.9 Å². The van der Waals surface area contributed by atoms with Gasteiger partial charge in [-0.3, -0.25) is 14.9 Å². The van der Waals surface area contributed by atoms with Gasteiger partial charge in [-0.15, -0.1) is 0 Å². The van der Waals surface area contributed by atoms with Crippen LogP contribution in [0.25, 0.3) is 11.3 Å². The number of hydrogen-bond donors (Lipinski definition) is 1. The van der Waals surface area contributed by atoms with E-state index >= 15 is 0 Å². The Balaban J connectivity index is 1.54. The third kappa shape index (κ3) is 4.14. The van der Waals surface area contributed by atoms with Crippen LogP contribution in [0.15, 0.2) is 59.0 Å². The molecule has 1 saturated heterocycles. The summed E-state index contributed by atoms with van der Waals surface area (Å²) in [4.78, 5) is 25.6. The number of carbonyl (C=O) groups is 1. The van der Waals surface area contributed by atoms with Crippen molar-refractivity contribution in [2.45, 2.75) is 0 Å². The first kappa shape index (κ1) is 19.9. The van der Waals surface area contributed by atoms with Gasteiger partial charge in [-0.2, -0.15) is 0 Å². The Hall–Kier alpha value is -3.36. The molecule has 1 amide bonds. The van der Waals surface area contributed by atoms with Crippen LogP contribution in [0, 0.1) is 10.1 Å². The number of ether oxygens (including phenoxy) is 1. The molecule has 1 N–H and O–H groups in total. The number of nitrogens with zero attached hydrogens (tertiary/aromatic N) is 2. The van der Waals surface area contributed by atoms with E-state index in [1.54, 1.807) is 36.4 Å². The molecule has 9 heteroatoms. The number of halogens is 1. The van der Waals surface area contributed by atoms with Crippen LogP contribution in [0.5, 0.6) is 0 Å². The molecular formula is C21H18ClN3O5. The maximum Gasteiger partial charge on any atom is 0.294 e. The van der Waals surface area contributed by atoms with Gasteiger partial charge in [0, 0.05) is 30.4 Å². The molecule has 0 saturated carbocycles. The number of amides is 1. The number of rotatable bonds is 5. The van der Waals surface area contributed by atoms with E-state index in [2.05, 4.69) is 5.32 Å². The lowest BCUT2D eigenvalue weighted by atomic mass is 10.2. The highest BCUT2D eigenvalue weighted by Gasteiger charge is 2.23. The van der Waals surface area contributed by atoms with Crippen molar-refractivity contribution in [2.24, 2.45) is 0 Å². The van der Waals surface area contributed by atoms with Crippen LogP contribution in [-0.2, 0) is 4.74 Å². The normalized spacial score (nSPS) is 13.8. The fraction of sp³-hybridized carbons (Fsp3) is 0.190. The summed E-state index contributed by atoms with van der Waals surface area (Å²) < 4.78 is 10.9. The van der Waals surface area contributed by atoms with Gasteiger partial charge in [0.05, 0.1) is 23.2 Å². The molecule has 154 valence electrons. The van der Waals surface area contributed by atoms with E-state index < -0.39 is 10.8 Å². The van der Waals surface area contributed by atoms with Crippen LogP contribution in [0.3, 0.4) is 0 Å². The molecule has 8 nitrogen and oxygen atoms in total. The highest BCUT2D eigenvalue weighted by molar-refractivity contribution is 6.33. The highest BCUT2D eigenvalue weighted by atomic mass is 35.5. The first-order valence-corrected chi connectivity index (χ1v) is 9.68. The van der Waals surface area contributed by atoms with Crippen molar-refractivity contribution >= 4 is 34.6 Å². The van der Waals surface area contributed by atoms with Gasteiger partial charge < -0.3 is 19.4 Å². The lowest BCUT2D eigenvalue weighted by molar-refractivity contribution is -0.384. The van der Waals surface area contributed by atoms with Crippen LogP contribution in [0.2, 0.25) is 5.02 Å². The average Bonchev–Trinajstić information content (AvgIpc) is 3.25. The second kappa shape index (κ2) is 8.56. The Morgan fingerprint density at radius 1 is 1.10 bits per heavy atom. The number of nitro benzene ring substituents is 1. The van der Waals surface area contributed by atoms with Gasteiger partial charge in [0.15, 0.2) is 5.76 Å². The molecule has 4 rings (SSSR count). The molecule has 1 aromatic heterocycles. The van der Waals surface area contributed by atoms with E-state index in [-0.39, 0.29) is 11.4 Å². The van der Waals surface area contributed by atoms with Gasteiger partial charge in [0.1, 0.15) is 11.4 Å². The van der Waals surface area contributed by atoms with Gasteiger partial charge in [-0.05, 0) is 36.4 Å². The molecule has 2 aromatic carbocycles. The van der Waals surface area contributed by atoms with Crippen LogP contribution >= 0.6 is 11.6 Å². The number of carbonyl (C=O) groups excluding carboxylic acids is 1. The van der Waals surface area contributed by atoms with Gasteiger partial charge in [0.2, 0.25) is 0 Å². The van der Waals surface area contributed by atoms with E-state index in [9.17, 15) is 14.9 Å². The number of anilines is 2. The minimum absolute atomic E-state index is 0.0739. The van der Waals surface area contributed by atoms with Crippen molar-refractivity contribution in [2.75, 3.05) is 36.5 Å². The summed E-state index contributed by atoms with van der Waals surface area (Å²) >= 11 is 6.17. The summed E-state index contributed by atoms with van der Waals surface area (Å²) in [7, 11) is 0. The van der Waals surface area contributed by atoms with E-state index in [4.69, 9.17) is 20.8 Å². The Morgan fingerprint density at radius 3 is 2.60 bits per heavy atom. The zero-order valence-electron chi connectivity index (χ0n) is 15.8. The summed E-state index contributed by atoms with van der Waals surface area (Å²) in [6, 6.07) is 14.9. The van der Waals surface area contributed by atoms with Crippen molar-refractivity contribution in [3.63, 3.8) is 0 Å². The molecule has 1 fully saturated rings. The first-order chi connectivity index (χ1) is 14.5. The molecule has 0 bridgehead atoms. The molecule has 0 spiro atoms. The van der Waals surface area contributed by atoms with Crippen molar-refractivity contribution in [1.29, 1.82) is 0 Å². The predicted molar refractivity (Wildman–Crippen MR) is 113 cm³/mol. The SMILES string of the molecule is O=C(Nc1ccc(N2CCOCC2)c([N+](=O)[O-])c1)c1ccc(-c2ccccc2Cl)o1. The Morgan fingerprint density at radius 2 is 1.87 bits per heavy atom. The summed E-state index contributed by atoms with van der Waals surface area (Å²) in [6.45, 7) is 2.18. The highest BCUT2D eigenvalue weighted by Crippen LogP contribution is 2.32. The number of furan rings is 1. The molecule has 30 heavy (non-hydrogen) atoms. The lowest BCUT2D eigenvalue weighted by Gasteiger charge is -2.28. The molecule has 1 aliphatic heterocycles. The van der Waals surface area contributed by atoms with Gasteiger partial charge in [0.25, 0.3) is 11.6 Å². The van der Waals surface area contributed by atoms with Crippen molar-refractivity contribution in [3.8, 4) is 11.3 Å². The monoisotopic (exact) mass is 427 g/mol. The molecule has 3 aromatic rings. The minimum Gasteiger partial charge on any atom is -0.451 e. The number of morpholine rings is 1. The van der Waals surface area contributed by atoms with Crippen LogP contribution in [0.1, 0.15) is 10.6 Å². The maximum absolute atomic E-state index is 12.6. The lowest BCUT2D eigenvalue weighted by Crippen LogP contribution is -2.36. The van der Waals surface area contributed by atoms with E-state index in [1.807, 2.05) is 11.0 Å². The molecular weight excluding hydrogens is 410 g/mol. The van der Waals surface area contributed by atoms with Gasteiger partial charge in [-0.1, -0.05) is 23.7 Å². The van der Waals surface area contributed by atoms with Crippen LogP contribution < -0.4 is 10.2 Å². The van der Waals surface area contributed by atoms with Crippen LogP contribution in [-0.4, -0.2) is 37.1 Å². The number of nitrogens with one attached hydrogen (secondary N) is 1. The molecule has 2 heterocycles. The summed E-state index contributed by atoms with van der Waals surface area (Å²) in [6.07, 6.45) is 0. The molecule has 0 atom stereocenters. The largest absolute Gasteiger partial charge is 0.451 e. The Bertz CT molecular complexity index is 1090. The topological polar surface area (TPSA) is 97.9 Å². The second-order valence-corrected chi connectivity index (χ2v) is 7.07. The molecule has 0 aliphatic carbocycles. The number of benzene rings is 2. The second-order valence-electron chi connectivity index (χ2n) is 6.66. The molecule has 0 unspecified atom stereocenters. The number of hydrogen-bond acceptors (Lipinski definition) is 6. The fourth-order valence-corrected chi connectivity index (χ4v) is 3.51. The zero-order chi connectivity index (χ0) is 21.1. The van der Waals surface area contributed by atoms with Gasteiger partial charge >= 0.3 is 0 Å². The van der Waals surface area contributed by atoms with Gasteiger partial charge in [-0.25, -0.2) is 0 Å². The summed E-state index contributed by atoms with van der Waals surface area (Å²) in [5, 5.41) is 14.7. The quantitative estimate of drug-likeness (QED) is 0.472. The minimum atomic E-state index is -0.512. The Labute approximate surface area is 177 Å². The van der Waals surface area contributed by atoms with Crippen molar-refractivity contribution in [3.05, 3.63) is 75.5 Å². The number of nitro groups is 1. The standard InChI is InChI=1S/C21H18ClN3O5/c22-16-4-2-1-3-15(16)19-7-8-20(30-19)21(26)23-14-5-6-17(18(13-14)25(27)28)24-9-11-29-12-10-24/h1-8,13H,9-12H2,(H,23,26). The van der Waals surface area contributed by atoms with Crippen LogP contribution in [0.4, 0.5) is 17.1 Å². The maximum atomic E-state index is 12.6. The summed E-state index contributed by atoms with van der Waals surface area (Å²) in [5.74, 6) is 0.0194. The third-order valence-electron chi connectivity index (χ3n) is 4.75. The van der Waals surface area contributed by atoms with E-state index in [0.717, 1.165) is 0 Å². The van der Waals surface area contributed by atoms with Crippen molar-refractivity contribution in [1.82, 2.24) is 0 Å². The van der Waals surface area contributed by atoms with E-state index in [1.165, 1.54) is 12.1 Å². The molecule has 1 aliphatic rings. The summed E-state index contributed by atoms with van der Waals surface area (Å²) in [5.41, 5.74) is 1.40. The zero-order valence-corrected chi connectivity index (χ0v) is 16.6. The fourth-order valence-electron chi connectivity index (χ4n) is 3.28. The molecule has 0 radical (unpaired) electrons. The third-order valence-corrected chi connectivity index (χ3v) is 5.08. The Kier molecular flexibility index (Phi) is 5.69. The average molecular weight is 428 g/mol. The first-order valence-electron chi connectivity index (χ1n) is 9.30. The smallest absolute Gasteiger partial charge is 0.294 e.